The van der Waals surface area contributed by atoms with Crippen LogP contribution in [0.1, 0.15) is 31.7 Å². The van der Waals surface area contributed by atoms with Crippen LogP contribution in [0.5, 0.6) is 0 Å². The van der Waals surface area contributed by atoms with Crippen molar-refractivity contribution in [2.24, 2.45) is 5.92 Å². The molecule has 1 saturated heterocycles. The molecular weight excluding hydrogens is 284 g/mol. The molecule has 3 aromatic rings. The first-order valence-electron chi connectivity index (χ1n) is 7.22. The molecule has 3 aromatic heterocycles. The summed E-state index contributed by atoms with van der Waals surface area (Å²) in [5.41, 5.74) is 1.92. The molecule has 1 aliphatic heterocycles. The van der Waals surface area contributed by atoms with E-state index in [4.69, 9.17) is 4.52 Å². The molecule has 1 aliphatic rings. The molecule has 1 N–H and O–H groups in total. The average Bonchev–Trinajstić information content (AvgIpc) is 3.16. The van der Waals surface area contributed by atoms with Crippen molar-refractivity contribution in [2.75, 3.05) is 6.54 Å². The van der Waals surface area contributed by atoms with Crippen molar-refractivity contribution in [3.63, 3.8) is 0 Å². The van der Waals surface area contributed by atoms with Crippen LogP contribution in [0.4, 0.5) is 0 Å². The van der Waals surface area contributed by atoms with Crippen LogP contribution in [0.15, 0.2) is 28.2 Å². The summed E-state index contributed by atoms with van der Waals surface area (Å²) in [4.78, 5) is 9.00. The predicted octanol–water partition coefficient (Wildman–Crippen LogP) is 3.41. The number of rotatable bonds is 2. The summed E-state index contributed by atoms with van der Waals surface area (Å²) < 4.78 is 6.62. The maximum Gasteiger partial charge on any atom is 0.244 e. The molecule has 0 spiro atoms. The number of nitrogens with zero attached hydrogens (tertiary/aromatic N) is 3. The topological polar surface area (TPSA) is 63.8 Å². The lowest BCUT2D eigenvalue weighted by molar-refractivity contribution is 0.239. The van der Waals surface area contributed by atoms with Gasteiger partial charge in [0.15, 0.2) is 0 Å². The molecule has 1 fully saturated rings. The zero-order valence-corrected chi connectivity index (χ0v) is 12.6. The van der Waals surface area contributed by atoms with E-state index in [1.807, 2.05) is 11.4 Å². The van der Waals surface area contributed by atoms with Gasteiger partial charge in [0.1, 0.15) is 0 Å². The Bertz CT molecular complexity index is 766. The SMILES string of the molecule is CC1CCCNC1c1nc(-c2cnc3ccsc3c2)no1. The van der Waals surface area contributed by atoms with Gasteiger partial charge in [-0.25, -0.2) is 0 Å². The molecule has 0 aromatic carbocycles. The van der Waals surface area contributed by atoms with E-state index in [0.717, 1.165) is 22.3 Å². The first kappa shape index (κ1) is 12.9. The van der Waals surface area contributed by atoms with E-state index in [0.29, 0.717) is 17.6 Å². The van der Waals surface area contributed by atoms with E-state index in [-0.39, 0.29) is 6.04 Å². The van der Waals surface area contributed by atoms with Crippen LogP contribution in [0.3, 0.4) is 0 Å². The van der Waals surface area contributed by atoms with Gasteiger partial charge >= 0.3 is 0 Å². The van der Waals surface area contributed by atoms with Gasteiger partial charge in [0, 0.05) is 11.8 Å². The maximum absolute atomic E-state index is 5.47. The summed E-state index contributed by atoms with van der Waals surface area (Å²) in [6, 6.07) is 4.25. The van der Waals surface area contributed by atoms with Gasteiger partial charge in [-0.05, 0) is 42.8 Å². The van der Waals surface area contributed by atoms with Crippen molar-refractivity contribution in [3.8, 4) is 11.4 Å². The van der Waals surface area contributed by atoms with Gasteiger partial charge in [-0.15, -0.1) is 11.3 Å². The second kappa shape index (κ2) is 5.20. The molecule has 108 valence electrons. The van der Waals surface area contributed by atoms with E-state index < -0.39 is 0 Å². The van der Waals surface area contributed by atoms with E-state index in [2.05, 4.69) is 33.4 Å². The maximum atomic E-state index is 5.47. The number of pyridine rings is 1. The Labute approximate surface area is 126 Å². The van der Waals surface area contributed by atoms with Crippen LogP contribution in [-0.2, 0) is 0 Å². The quantitative estimate of drug-likeness (QED) is 0.785. The third kappa shape index (κ3) is 2.34. The highest BCUT2D eigenvalue weighted by molar-refractivity contribution is 7.17. The highest BCUT2D eigenvalue weighted by Gasteiger charge is 2.27. The van der Waals surface area contributed by atoms with Gasteiger partial charge in [-0.3, -0.25) is 4.98 Å². The highest BCUT2D eigenvalue weighted by atomic mass is 32.1. The van der Waals surface area contributed by atoms with Crippen molar-refractivity contribution < 1.29 is 4.52 Å². The zero-order valence-electron chi connectivity index (χ0n) is 11.7. The lowest BCUT2D eigenvalue weighted by Crippen LogP contribution is -2.33. The fraction of sp³-hybridized carbons (Fsp3) is 0.400. The fourth-order valence-electron chi connectivity index (χ4n) is 2.83. The molecule has 2 atom stereocenters. The molecule has 6 heteroatoms. The Morgan fingerprint density at radius 2 is 2.38 bits per heavy atom. The molecule has 2 unspecified atom stereocenters. The van der Waals surface area contributed by atoms with Gasteiger partial charge < -0.3 is 9.84 Å². The number of thiophene rings is 1. The molecule has 0 aliphatic carbocycles. The second-order valence-electron chi connectivity index (χ2n) is 5.54. The smallest absolute Gasteiger partial charge is 0.244 e. The summed E-state index contributed by atoms with van der Waals surface area (Å²) in [5.74, 6) is 1.82. The molecule has 0 amide bonds. The van der Waals surface area contributed by atoms with E-state index in [1.54, 1.807) is 17.5 Å². The normalized spacial score (nSPS) is 22.7. The third-order valence-electron chi connectivity index (χ3n) is 4.04. The largest absolute Gasteiger partial charge is 0.337 e. The minimum Gasteiger partial charge on any atom is -0.337 e. The number of aromatic nitrogens is 3. The Kier molecular flexibility index (Phi) is 3.20. The van der Waals surface area contributed by atoms with Crippen molar-refractivity contribution in [1.29, 1.82) is 0 Å². The Morgan fingerprint density at radius 1 is 1.43 bits per heavy atom. The van der Waals surface area contributed by atoms with Crippen LogP contribution in [0.25, 0.3) is 21.6 Å². The average molecular weight is 300 g/mol. The number of fused-ring (bicyclic) bond motifs is 1. The molecule has 21 heavy (non-hydrogen) atoms. The molecule has 0 bridgehead atoms. The minimum atomic E-state index is 0.165. The Morgan fingerprint density at radius 3 is 3.29 bits per heavy atom. The van der Waals surface area contributed by atoms with Gasteiger partial charge in [0.2, 0.25) is 11.7 Å². The molecule has 4 heterocycles. The van der Waals surface area contributed by atoms with Gasteiger partial charge in [-0.2, -0.15) is 4.98 Å². The first-order valence-corrected chi connectivity index (χ1v) is 8.10. The van der Waals surface area contributed by atoms with E-state index in [9.17, 15) is 0 Å². The van der Waals surface area contributed by atoms with Crippen LogP contribution in [0.2, 0.25) is 0 Å². The van der Waals surface area contributed by atoms with Crippen LogP contribution in [-0.4, -0.2) is 21.7 Å². The Hall–Kier alpha value is -1.79. The van der Waals surface area contributed by atoms with Crippen molar-refractivity contribution in [2.45, 2.75) is 25.8 Å². The third-order valence-corrected chi connectivity index (χ3v) is 4.89. The monoisotopic (exact) mass is 300 g/mol. The fourth-order valence-corrected chi connectivity index (χ4v) is 3.61. The standard InChI is InChI=1S/C15H16N4OS/c1-9-3-2-5-16-13(9)15-18-14(19-20-15)10-7-12-11(17-8-10)4-6-21-12/h4,6-9,13,16H,2-3,5H2,1H3. The zero-order chi connectivity index (χ0) is 14.2. The molecular formula is C15H16N4OS. The number of nitrogens with one attached hydrogen (secondary N) is 1. The lowest BCUT2D eigenvalue weighted by atomic mass is 9.93. The first-order chi connectivity index (χ1) is 10.3. The highest BCUT2D eigenvalue weighted by Crippen LogP contribution is 2.30. The predicted molar refractivity (Wildman–Crippen MR) is 82.1 cm³/mol. The van der Waals surface area contributed by atoms with Crippen LogP contribution < -0.4 is 5.32 Å². The number of piperidine rings is 1. The summed E-state index contributed by atoms with van der Waals surface area (Å²) in [7, 11) is 0. The number of hydrogen-bond acceptors (Lipinski definition) is 6. The summed E-state index contributed by atoms with van der Waals surface area (Å²) >= 11 is 1.67. The second-order valence-corrected chi connectivity index (χ2v) is 6.48. The number of hydrogen-bond donors (Lipinski definition) is 1. The van der Waals surface area contributed by atoms with Crippen molar-refractivity contribution in [1.82, 2.24) is 20.4 Å². The lowest BCUT2D eigenvalue weighted by Gasteiger charge is -2.26. The molecule has 4 rings (SSSR count). The van der Waals surface area contributed by atoms with Gasteiger partial charge in [0.25, 0.3) is 0 Å². The summed E-state index contributed by atoms with van der Waals surface area (Å²) in [6.45, 7) is 3.23. The summed E-state index contributed by atoms with van der Waals surface area (Å²) in [5, 5.41) is 9.63. The van der Waals surface area contributed by atoms with Crippen LogP contribution >= 0.6 is 11.3 Å². The molecule has 0 radical (unpaired) electrons. The van der Waals surface area contributed by atoms with E-state index >= 15 is 0 Å². The van der Waals surface area contributed by atoms with Crippen LogP contribution in [0, 0.1) is 5.92 Å². The molecule has 0 saturated carbocycles. The van der Waals surface area contributed by atoms with Gasteiger partial charge in [-0.1, -0.05) is 12.1 Å². The summed E-state index contributed by atoms with van der Waals surface area (Å²) in [6.07, 6.45) is 4.21. The van der Waals surface area contributed by atoms with Gasteiger partial charge in [0.05, 0.1) is 16.3 Å². The molecule has 5 nitrogen and oxygen atoms in total. The van der Waals surface area contributed by atoms with E-state index in [1.165, 1.54) is 12.8 Å². The van der Waals surface area contributed by atoms with Crippen molar-refractivity contribution in [3.05, 3.63) is 29.6 Å². The van der Waals surface area contributed by atoms with Crippen molar-refractivity contribution >= 4 is 21.6 Å². The Balaban J connectivity index is 1.66. The minimum absolute atomic E-state index is 0.165.